The molecule has 0 aromatic carbocycles. The third kappa shape index (κ3) is 2.36. The summed E-state index contributed by atoms with van der Waals surface area (Å²) in [6.07, 6.45) is 8.73. The number of pyridine rings is 1. The zero-order valence-corrected chi connectivity index (χ0v) is 12.3. The normalized spacial score (nSPS) is 25.6. The summed E-state index contributed by atoms with van der Waals surface area (Å²) in [6, 6.07) is 2.60. The van der Waals surface area contributed by atoms with Crippen molar-refractivity contribution in [2.24, 2.45) is 5.92 Å². The number of aromatic nitrogens is 3. The van der Waals surface area contributed by atoms with E-state index in [1.165, 1.54) is 31.2 Å². The average molecular weight is 278 g/mol. The Labute approximate surface area is 119 Å². The Morgan fingerprint density at radius 2 is 2.05 bits per heavy atom. The second-order valence-corrected chi connectivity index (χ2v) is 6.39. The second kappa shape index (κ2) is 5.12. The largest absolute Gasteiger partial charge is 0.324 e. The number of nitrogens with zero attached hydrogens (tertiary/aromatic N) is 3. The van der Waals surface area contributed by atoms with Crippen LogP contribution in [0.5, 0.6) is 0 Å². The monoisotopic (exact) mass is 277 g/mol. The third-order valence-electron chi connectivity index (χ3n) is 4.23. The summed E-state index contributed by atoms with van der Waals surface area (Å²) in [5, 5.41) is -0.0632. The Bertz CT molecular complexity index is 568. The maximum absolute atomic E-state index is 6.32. The van der Waals surface area contributed by atoms with E-state index < -0.39 is 0 Å². The zero-order chi connectivity index (χ0) is 13.4. The highest BCUT2D eigenvalue weighted by molar-refractivity contribution is 6.20. The number of fused-ring (bicyclic) bond motifs is 1. The van der Waals surface area contributed by atoms with Crippen molar-refractivity contribution in [1.82, 2.24) is 14.5 Å². The van der Waals surface area contributed by atoms with E-state index >= 15 is 0 Å². The Kier molecular flexibility index (Phi) is 3.48. The summed E-state index contributed by atoms with van der Waals surface area (Å²) in [6.45, 7) is 4.34. The van der Waals surface area contributed by atoms with Crippen LogP contribution in [0.25, 0.3) is 11.0 Å². The van der Waals surface area contributed by atoms with Crippen molar-refractivity contribution in [3.63, 3.8) is 0 Å². The minimum absolute atomic E-state index is 0.0632. The van der Waals surface area contributed by atoms with Gasteiger partial charge in [-0.1, -0.05) is 6.92 Å². The molecule has 1 unspecified atom stereocenters. The first-order valence-electron chi connectivity index (χ1n) is 7.12. The highest BCUT2D eigenvalue weighted by atomic mass is 35.5. The average Bonchev–Trinajstić information content (AvgIpc) is 2.79. The van der Waals surface area contributed by atoms with E-state index in [0.717, 1.165) is 17.3 Å². The number of imidazole rings is 1. The number of halogens is 1. The molecule has 102 valence electrons. The van der Waals surface area contributed by atoms with Gasteiger partial charge in [0.15, 0.2) is 0 Å². The lowest BCUT2D eigenvalue weighted by atomic mass is 9.87. The molecule has 0 saturated heterocycles. The fraction of sp³-hybridized carbons (Fsp3) is 0.600. The van der Waals surface area contributed by atoms with Gasteiger partial charge in [-0.05, 0) is 44.6 Å². The van der Waals surface area contributed by atoms with Crippen LogP contribution in [-0.2, 0) is 0 Å². The predicted molar refractivity (Wildman–Crippen MR) is 78.5 cm³/mol. The van der Waals surface area contributed by atoms with Gasteiger partial charge in [-0.25, -0.2) is 4.98 Å². The topological polar surface area (TPSA) is 30.7 Å². The van der Waals surface area contributed by atoms with Crippen LogP contribution in [0.3, 0.4) is 0 Å². The molecule has 0 amide bonds. The fourth-order valence-corrected chi connectivity index (χ4v) is 3.29. The highest BCUT2D eigenvalue weighted by Gasteiger charge is 2.25. The molecule has 0 radical (unpaired) electrons. The smallest absolute Gasteiger partial charge is 0.128 e. The molecule has 19 heavy (non-hydrogen) atoms. The molecule has 0 bridgehead atoms. The standard InChI is InChI=1S/C15H20ClN3/c1-10-3-5-12(6-4-10)19-14-7-8-17-9-13(14)18-15(19)11(2)16/h7-12H,3-6H2,1-2H3. The summed E-state index contributed by atoms with van der Waals surface area (Å²) in [7, 11) is 0. The summed E-state index contributed by atoms with van der Waals surface area (Å²) >= 11 is 6.32. The Morgan fingerprint density at radius 1 is 1.32 bits per heavy atom. The molecule has 3 nitrogen and oxygen atoms in total. The minimum Gasteiger partial charge on any atom is -0.324 e. The van der Waals surface area contributed by atoms with Crippen molar-refractivity contribution in [3.8, 4) is 0 Å². The van der Waals surface area contributed by atoms with E-state index in [4.69, 9.17) is 11.6 Å². The van der Waals surface area contributed by atoms with Crippen LogP contribution in [0, 0.1) is 5.92 Å². The van der Waals surface area contributed by atoms with Crippen LogP contribution in [0.4, 0.5) is 0 Å². The lowest BCUT2D eigenvalue weighted by Gasteiger charge is -2.29. The SMILES string of the molecule is CC1CCC(n2c(C(C)Cl)nc3cnccc32)CC1. The first kappa shape index (κ1) is 12.9. The highest BCUT2D eigenvalue weighted by Crippen LogP contribution is 2.36. The molecule has 1 atom stereocenters. The van der Waals surface area contributed by atoms with Crippen molar-refractivity contribution in [3.05, 3.63) is 24.3 Å². The van der Waals surface area contributed by atoms with Gasteiger partial charge in [0.05, 0.1) is 17.1 Å². The van der Waals surface area contributed by atoms with Gasteiger partial charge in [0, 0.05) is 12.2 Å². The Balaban J connectivity index is 2.07. The fourth-order valence-electron chi connectivity index (χ4n) is 3.13. The van der Waals surface area contributed by atoms with Crippen LogP contribution in [0.1, 0.15) is 56.8 Å². The third-order valence-corrected chi connectivity index (χ3v) is 4.42. The van der Waals surface area contributed by atoms with Gasteiger partial charge < -0.3 is 4.57 Å². The van der Waals surface area contributed by atoms with Gasteiger partial charge in [0.2, 0.25) is 0 Å². The van der Waals surface area contributed by atoms with Crippen molar-refractivity contribution in [2.75, 3.05) is 0 Å². The van der Waals surface area contributed by atoms with Gasteiger partial charge in [-0.2, -0.15) is 0 Å². The minimum atomic E-state index is -0.0632. The maximum Gasteiger partial charge on any atom is 0.128 e. The number of rotatable bonds is 2. The summed E-state index contributed by atoms with van der Waals surface area (Å²) in [5.41, 5.74) is 2.14. The molecule has 1 saturated carbocycles. The second-order valence-electron chi connectivity index (χ2n) is 5.73. The molecule has 2 aromatic heterocycles. The van der Waals surface area contributed by atoms with Gasteiger partial charge in [0.25, 0.3) is 0 Å². The first-order chi connectivity index (χ1) is 9.16. The Morgan fingerprint density at radius 3 is 2.74 bits per heavy atom. The van der Waals surface area contributed by atoms with E-state index in [2.05, 4.69) is 27.5 Å². The van der Waals surface area contributed by atoms with Crippen molar-refractivity contribution in [1.29, 1.82) is 0 Å². The van der Waals surface area contributed by atoms with Gasteiger partial charge >= 0.3 is 0 Å². The number of hydrogen-bond acceptors (Lipinski definition) is 2. The van der Waals surface area contributed by atoms with E-state index in [1.807, 2.05) is 19.3 Å². The zero-order valence-electron chi connectivity index (χ0n) is 11.5. The van der Waals surface area contributed by atoms with Gasteiger partial charge in [-0.15, -0.1) is 11.6 Å². The lowest BCUT2D eigenvalue weighted by molar-refractivity contribution is 0.289. The van der Waals surface area contributed by atoms with Gasteiger partial charge in [0.1, 0.15) is 11.3 Å². The molecular formula is C15H20ClN3. The van der Waals surface area contributed by atoms with E-state index in [0.29, 0.717) is 6.04 Å². The molecule has 1 aliphatic rings. The van der Waals surface area contributed by atoms with Crippen LogP contribution in [-0.4, -0.2) is 14.5 Å². The molecule has 1 aliphatic carbocycles. The van der Waals surface area contributed by atoms with Gasteiger partial charge in [-0.3, -0.25) is 4.98 Å². The molecule has 0 spiro atoms. The van der Waals surface area contributed by atoms with Crippen molar-refractivity contribution in [2.45, 2.75) is 50.9 Å². The molecule has 0 N–H and O–H groups in total. The van der Waals surface area contributed by atoms with E-state index in [-0.39, 0.29) is 5.38 Å². The molecule has 3 rings (SSSR count). The molecule has 2 heterocycles. The molecule has 4 heteroatoms. The van der Waals surface area contributed by atoms with E-state index in [9.17, 15) is 0 Å². The van der Waals surface area contributed by atoms with E-state index in [1.54, 1.807) is 0 Å². The number of alkyl halides is 1. The molecular weight excluding hydrogens is 258 g/mol. The number of hydrogen-bond donors (Lipinski definition) is 0. The van der Waals surface area contributed by atoms with Crippen LogP contribution in [0.15, 0.2) is 18.5 Å². The summed E-state index contributed by atoms with van der Waals surface area (Å²) < 4.78 is 2.36. The first-order valence-corrected chi connectivity index (χ1v) is 7.56. The summed E-state index contributed by atoms with van der Waals surface area (Å²) in [4.78, 5) is 8.84. The maximum atomic E-state index is 6.32. The molecule has 2 aromatic rings. The van der Waals surface area contributed by atoms with Crippen LogP contribution < -0.4 is 0 Å². The van der Waals surface area contributed by atoms with Crippen molar-refractivity contribution < 1.29 is 0 Å². The molecule has 0 aliphatic heterocycles. The molecule has 1 fully saturated rings. The van der Waals surface area contributed by atoms with Crippen molar-refractivity contribution >= 4 is 22.6 Å². The quantitative estimate of drug-likeness (QED) is 0.758. The Hall–Kier alpha value is -1.09. The van der Waals surface area contributed by atoms with Crippen LogP contribution >= 0.6 is 11.6 Å². The predicted octanol–water partition coefficient (Wildman–Crippen LogP) is 4.48. The lowest BCUT2D eigenvalue weighted by Crippen LogP contribution is -2.19. The summed E-state index contributed by atoms with van der Waals surface area (Å²) in [5.74, 6) is 1.84. The van der Waals surface area contributed by atoms with Crippen LogP contribution in [0.2, 0.25) is 0 Å².